The number of primary amides is 1. The summed E-state index contributed by atoms with van der Waals surface area (Å²) in [6.07, 6.45) is 6.26. The molecule has 3 N–H and O–H groups in total. The number of ether oxygens (including phenoxy) is 1. The summed E-state index contributed by atoms with van der Waals surface area (Å²) in [6.45, 7) is 1.81. The molecule has 4 heteroatoms. The Morgan fingerprint density at radius 1 is 1.40 bits per heavy atom. The van der Waals surface area contributed by atoms with Crippen molar-refractivity contribution in [2.45, 2.75) is 44.8 Å². The molecule has 15 heavy (non-hydrogen) atoms. The Hall–Kier alpha value is -1.03. The van der Waals surface area contributed by atoms with E-state index in [1.807, 2.05) is 6.92 Å². The van der Waals surface area contributed by atoms with Crippen LogP contribution >= 0.6 is 0 Å². The lowest BCUT2D eigenvalue weighted by atomic mass is 9.93. The topological polar surface area (TPSA) is 64.3 Å². The summed E-state index contributed by atoms with van der Waals surface area (Å²) in [5.74, 6) is -0.383. The zero-order chi connectivity index (χ0) is 11.3. The Balaban J connectivity index is 2.38. The average Bonchev–Trinajstić information content (AvgIpc) is 2.26. The van der Waals surface area contributed by atoms with Crippen LogP contribution in [0.4, 0.5) is 0 Å². The number of amides is 1. The number of hydrogen-bond acceptors (Lipinski definition) is 3. The normalized spacial score (nSPS) is 27.5. The zero-order valence-electron chi connectivity index (χ0n) is 9.45. The average molecular weight is 212 g/mol. The predicted octanol–water partition coefficient (Wildman–Crippen LogP) is 0.923. The molecule has 1 aliphatic carbocycles. The first-order valence-corrected chi connectivity index (χ1v) is 5.42. The van der Waals surface area contributed by atoms with Gasteiger partial charge >= 0.3 is 0 Å². The number of carbonyl (C=O) groups is 1. The fourth-order valence-electron chi connectivity index (χ4n) is 1.96. The van der Waals surface area contributed by atoms with Gasteiger partial charge in [0.15, 0.2) is 0 Å². The standard InChI is InChI=1S/C11H20N2O2/c1-3-10(11(12)14)13-8-4-6-9(15-2)7-5-8/h3,8-9,13H,4-7H2,1-2H3,(H2,12,14)/b10-3+. The second kappa shape index (κ2) is 5.75. The van der Waals surface area contributed by atoms with E-state index in [1.165, 1.54) is 0 Å². The number of methoxy groups -OCH3 is 1. The van der Waals surface area contributed by atoms with E-state index in [9.17, 15) is 4.79 Å². The molecule has 86 valence electrons. The molecule has 0 atom stereocenters. The Morgan fingerprint density at radius 3 is 2.40 bits per heavy atom. The maximum absolute atomic E-state index is 11.0. The van der Waals surface area contributed by atoms with Crippen LogP contribution < -0.4 is 11.1 Å². The third-order valence-corrected chi connectivity index (χ3v) is 2.92. The van der Waals surface area contributed by atoms with E-state index >= 15 is 0 Å². The number of hydrogen-bond donors (Lipinski definition) is 2. The van der Waals surface area contributed by atoms with Gasteiger partial charge in [-0.2, -0.15) is 0 Å². The Kier molecular flexibility index (Phi) is 4.62. The molecule has 1 amide bonds. The van der Waals surface area contributed by atoms with Gasteiger partial charge in [0.25, 0.3) is 5.91 Å². The highest BCUT2D eigenvalue weighted by atomic mass is 16.5. The van der Waals surface area contributed by atoms with Crippen molar-refractivity contribution in [2.75, 3.05) is 7.11 Å². The van der Waals surface area contributed by atoms with Crippen LogP contribution in [0.3, 0.4) is 0 Å². The van der Waals surface area contributed by atoms with E-state index < -0.39 is 0 Å². The minimum Gasteiger partial charge on any atom is -0.381 e. The van der Waals surface area contributed by atoms with Crippen LogP contribution in [0.1, 0.15) is 32.6 Å². The highest BCUT2D eigenvalue weighted by molar-refractivity contribution is 5.91. The van der Waals surface area contributed by atoms with Crippen LogP contribution in [-0.2, 0) is 9.53 Å². The van der Waals surface area contributed by atoms with Gasteiger partial charge < -0.3 is 15.8 Å². The highest BCUT2D eigenvalue weighted by Crippen LogP contribution is 2.21. The molecule has 1 aliphatic rings. The Labute approximate surface area is 90.9 Å². The quantitative estimate of drug-likeness (QED) is 0.681. The van der Waals surface area contributed by atoms with Gasteiger partial charge in [-0.15, -0.1) is 0 Å². The predicted molar refractivity (Wildman–Crippen MR) is 59.1 cm³/mol. The van der Waals surface area contributed by atoms with E-state index in [2.05, 4.69) is 5.32 Å². The van der Waals surface area contributed by atoms with Crippen molar-refractivity contribution in [1.82, 2.24) is 5.32 Å². The molecule has 0 heterocycles. The van der Waals surface area contributed by atoms with Crippen molar-refractivity contribution in [2.24, 2.45) is 5.73 Å². The summed E-state index contributed by atoms with van der Waals surface area (Å²) in [6, 6.07) is 0.357. The second-order valence-corrected chi connectivity index (χ2v) is 3.92. The van der Waals surface area contributed by atoms with Crippen molar-refractivity contribution in [1.29, 1.82) is 0 Å². The molecule has 0 radical (unpaired) electrons. The van der Waals surface area contributed by atoms with E-state index in [4.69, 9.17) is 10.5 Å². The summed E-state index contributed by atoms with van der Waals surface area (Å²) >= 11 is 0. The molecule has 1 rings (SSSR count). The molecule has 4 nitrogen and oxygen atoms in total. The molecule has 1 fully saturated rings. The number of allylic oxidation sites excluding steroid dienone is 1. The van der Waals surface area contributed by atoms with Gasteiger partial charge in [-0.1, -0.05) is 6.08 Å². The third kappa shape index (κ3) is 3.55. The van der Waals surface area contributed by atoms with Crippen molar-refractivity contribution in [3.05, 3.63) is 11.8 Å². The Bertz CT molecular complexity index is 243. The monoisotopic (exact) mass is 212 g/mol. The number of nitrogens with one attached hydrogen (secondary N) is 1. The first kappa shape index (κ1) is 12.0. The maximum Gasteiger partial charge on any atom is 0.264 e. The van der Waals surface area contributed by atoms with E-state index in [0.29, 0.717) is 17.8 Å². The van der Waals surface area contributed by atoms with Crippen LogP contribution in [0, 0.1) is 0 Å². The van der Waals surface area contributed by atoms with E-state index in [1.54, 1.807) is 13.2 Å². The first-order valence-electron chi connectivity index (χ1n) is 5.42. The fraction of sp³-hybridized carbons (Fsp3) is 0.727. The van der Waals surface area contributed by atoms with Gasteiger partial charge in [-0.25, -0.2) is 0 Å². The van der Waals surface area contributed by atoms with E-state index in [0.717, 1.165) is 25.7 Å². The highest BCUT2D eigenvalue weighted by Gasteiger charge is 2.21. The van der Waals surface area contributed by atoms with Gasteiger partial charge in [0.1, 0.15) is 0 Å². The molecule has 0 saturated heterocycles. The van der Waals surface area contributed by atoms with Crippen LogP contribution in [0.2, 0.25) is 0 Å². The molecule has 0 aromatic rings. The third-order valence-electron chi connectivity index (χ3n) is 2.92. The molecule has 1 saturated carbocycles. The largest absolute Gasteiger partial charge is 0.381 e. The number of rotatable bonds is 4. The second-order valence-electron chi connectivity index (χ2n) is 3.92. The summed E-state index contributed by atoms with van der Waals surface area (Å²) in [5, 5.41) is 3.18. The molecular formula is C11H20N2O2. The summed E-state index contributed by atoms with van der Waals surface area (Å²) in [4.78, 5) is 11.0. The molecule has 0 aromatic carbocycles. The lowest BCUT2D eigenvalue weighted by Crippen LogP contribution is -2.38. The van der Waals surface area contributed by atoms with Crippen molar-refractivity contribution in [3.63, 3.8) is 0 Å². The molecule has 0 unspecified atom stereocenters. The summed E-state index contributed by atoms with van der Waals surface area (Å²) < 4.78 is 5.28. The SMILES string of the molecule is C/C=C(/NC1CCC(OC)CC1)C(N)=O. The van der Waals surface area contributed by atoms with Gasteiger partial charge in [-0.05, 0) is 32.6 Å². The summed E-state index contributed by atoms with van der Waals surface area (Å²) in [5.41, 5.74) is 5.75. The Morgan fingerprint density at radius 2 is 2.00 bits per heavy atom. The van der Waals surface area contributed by atoms with Gasteiger partial charge in [0.05, 0.1) is 11.8 Å². The van der Waals surface area contributed by atoms with Crippen LogP contribution in [0.15, 0.2) is 11.8 Å². The lowest BCUT2D eigenvalue weighted by Gasteiger charge is -2.29. The minimum atomic E-state index is -0.383. The molecule has 0 bridgehead atoms. The first-order chi connectivity index (χ1) is 7.17. The van der Waals surface area contributed by atoms with Crippen LogP contribution in [0.5, 0.6) is 0 Å². The molecule has 0 aromatic heterocycles. The minimum absolute atomic E-state index is 0.357. The van der Waals surface area contributed by atoms with E-state index in [-0.39, 0.29) is 5.91 Å². The van der Waals surface area contributed by atoms with Crippen molar-refractivity contribution >= 4 is 5.91 Å². The molecule has 0 spiro atoms. The molecular weight excluding hydrogens is 192 g/mol. The molecule has 0 aliphatic heterocycles. The lowest BCUT2D eigenvalue weighted by molar-refractivity contribution is -0.115. The van der Waals surface area contributed by atoms with Crippen molar-refractivity contribution in [3.8, 4) is 0 Å². The van der Waals surface area contributed by atoms with Gasteiger partial charge in [0, 0.05) is 13.2 Å². The van der Waals surface area contributed by atoms with Gasteiger partial charge in [0.2, 0.25) is 0 Å². The van der Waals surface area contributed by atoms with Crippen molar-refractivity contribution < 1.29 is 9.53 Å². The van der Waals surface area contributed by atoms with Gasteiger partial charge in [-0.3, -0.25) is 4.79 Å². The fourth-order valence-corrected chi connectivity index (χ4v) is 1.96. The van der Waals surface area contributed by atoms with Crippen LogP contribution in [0.25, 0.3) is 0 Å². The van der Waals surface area contributed by atoms with Crippen LogP contribution in [-0.4, -0.2) is 25.2 Å². The smallest absolute Gasteiger partial charge is 0.264 e. The number of carbonyl (C=O) groups excluding carboxylic acids is 1. The number of nitrogens with two attached hydrogens (primary N) is 1. The maximum atomic E-state index is 11.0. The summed E-state index contributed by atoms with van der Waals surface area (Å²) in [7, 11) is 1.75. The zero-order valence-corrected chi connectivity index (χ0v) is 9.45.